The summed E-state index contributed by atoms with van der Waals surface area (Å²) >= 11 is 0. The first kappa shape index (κ1) is 27.1. The molecule has 0 spiro atoms. The number of likely N-dealkylation sites (tertiary alicyclic amines) is 1. The topological polar surface area (TPSA) is 129 Å². The van der Waals surface area contributed by atoms with Crippen LogP contribution in [-0.4, -0.2) is 59.5 Å². The Kier molecular flexibility index (Phi) is 8.72. The number of nitrogens with zero attached hydrogens (tertiary/aromatic N) is 4. The van der Waals surface area contributed by atoms with Crippen LogP contribution in [0.4, 0.5) is 27.8 Å². The van der Waals surface area contributed by atoms with Gasteiger partial charge in [0.15, 0.2) is 0 Å². The number of rotatable bonds is 9. The van der Waals surface area contributed by atoms with Gasteiger partial charge in [-0.3, -0.25) is 14.5 Å². The zero-order valence-corrected chi connectivity index (χ0v) is 21.9. The van der Waals surface area contributed by atoms with Gasteiger partial charge in [-0.25, -0.2) is 14.8 Å². The predicted molar refractivity (Wildman–Crippen MR) is 149 cm³/mol. The van der Waals surface area contributed by atoms with Gasteiger partial charge in [-0.05, 0) is 42.7 Å². The second-order valence-electron chi connectivity index (χ2n) is 8.89. The molecule has 1 aliphatic rings. The zero-order valence-electron chi connectivity index (χ0n) is 21.9. The maximum absolute atomic E-state index is 12.9. The Morgan fingerprint density at radius 1 is 1.15 bits per heavy atom. The summed E-state index contributed by atoms with van der Waals surface area (Å²) in [6, 6.07) is 15.5. The smallest absolute Gasteiger partial charge is 0.323 e. The molecule has 0 radical (unpaired) electrons. The number of hydrogen-bond donors (Lipinski definition) is 3. The van der Waals surface area contributed by atoms with E-state index in [1.807, 2.05) is 30.3 Å². The van der Waals surface area contributed by atoms with Crippen molar-refractivity contribution in [3.05, 3.63) is 79.1 Å². The molecular weight excluding hydrogens is 498 g/mol. The van der Waals surface area contributed by atoms with Crippen LogP contribution in [-0.2, 0) is 16.1 Å². The van der Waals surface area contributed by atoms with E-state index in [9.17, 15) is 14.4 Å². The van der Waals surface area contributed by atoms with Crippen molar-refractivity contribution in [2.75, 3.05) is 36.2 Å². The minimum Gasteiger partial charge on any atom is -0.495 e. The number of carbonyl (C=O) groups excluding carboxylic acids is 3. The standard InChI is InChI=1S/C28H31N7O4/c1-4-26(36)35-14-8-11-22(35)27(37)32-20-12-13-23(39-3)21(15-20)33-24-16-25(31-18-30-24)34(2)28(38)29-17-19-9-6-5-7-10-19/h4-7,9-10,12-13,15-16,18,22H,1,8,11,14,17H2,2-3H3,(H,29,38)(H,32,37)(H,30,31,33)/t22-/m1/s1. The van der Waals surface area contributed by atoms with Crippen molar-refractivity contribution in [1.29, 1.82) is 0 Å². The van der Waals surface area contributed by atoms with Crippen molar-refractivity contribution in [2.45, 2.75) is 25.4 Å². The average Bonchev–Trinajstić information content (AvgIpc) is 3.46. The highest BCUT2D eigenvalue weighted by molar-refractivity contribution is 5.99. The fraction of sp³-hybridized carbons (Fsp3) is 0.250. The van der Waals surface area contributed by atoms with Gasteiger partial charge in [0, 0.05) is 31.9 Å². The van der Waals surface area contributed by atoms with Crippen molar-refractivity contribution in [3.8, 4) is 5.75 Å². The Hall–Kier alpha value is -4.93. The van der Waals surface area contributed by atoms with E-state index in [-0.39, 0.29) is 17.8 Å². The Morgan fingerprint density at radius 3 is 2.69 bits per heavy atom. The van der Waals surface area contributed by atoms with E-state index >= 15 is 0 Å². The molecule has 11 nitrogen and oxygen atoms in total. The summed E-state index contributed by atoms with van der Waals surface area (Å²) in [5.74, 6) is 0.790. The lowest BCUT2D eigenvalue weighted by atomic mass is 10.2. The molecule has 1 saturated heterocycles. The van der Waals surface area contributed by atoms with Crippen LogP contribution in [0.5, 0.6) is 5.75 Å². The number of ether oxygens (including phenoxy) is 1. The van der Waals surface area contributed by atoms with Crippen LogP contribution >= 0.6 is 0 Å². The molecule has 11 heteroatoms. The lowest BCUT2D eigenvalue weighted by molar-refractivity contribution is -0.132. The van der Waals surface area contributed by atoms with Crippen LogP contribution in [0, 0.1) is 0 Å². The fourth-order valence-electron chi connectivity index (χ4n) is 4.26. The lowest BCUT2D eigenvalue weighted by Crippen LogP contribution is -2.42. The normalized spacial score (nSPS) is 14.3. The summed E-state index contributed by atoms with van der Waals surface area (Å²) in [6.07, 6.45) is 3.91. The van der Waals surface area contributed by atoms with Crippen molar-refractivity contribution < 1.29 is 19.1 Å². The summed E-state index contributed by atoms with van der Waals surface area (Å²) < 4.78 is 5.47. The zero-order chi connectivity index (χ0) is 27.8. The lowest BCUT2D eigenvalue weighted by Gasteiger charge is -2.23. The Labute approximate surface area is 226 Å². The largest absolute Gasteiger partial charge is 0.495 e. The molecule has 0 bridgehead atoms. The number of carbonyl (C=O) groups is 3. The van der Waals surface area contributed by atoms with Crippen molar-refractivity contribution >= 4 is 40.9 Å². The summed E-state index contributed by atoms with van der Waals surface area (Å²) in [6.45, 7) is 4.43. The van der Waals surface area contributed by atoms with Gasteiger partial charge in [-0.2, -0.15) is 0 Å². The number of benzene rings is 2. The molecule has 39 heavy (non-hydrogen) atoms. The van der Waals surface area contributed by atoms with Gasteiger partial charge in [0.2, 0.25) is 11.8 Å². The van der Waals surface area contributed by atoms with Gasteiger partial charge in [-0.15, -0.1) is 0 Å². The first-order valence-corrected chi connectivity index (χ1v) is 12.5. The molecule has 0 unspecified atom stereocenters. The van der Waals surface area contributed by atoms with Crippen molar-refractivity contribution in [2.24, 2.45) is 0 Å². The van der Waals surface area contributed by atoms with E-state index in [0.29, 0.717) is 48.3 Å². The van der Waals surface area contributed by atoms with Gasteiger partial charge >= 0.3 is 6.03 Å². The summed E-state index contributed by atoms with van der Waals surface area (Å²) in [4.78, 5) is 49.1. The molecule has 4 rings (SSSR count). The molecule has 1 fully saturated rings. The van der Waals surface area contributed by atoms with Crippen molar-refractivity contribution in [3.63, 3.8) is 0 Å². The molecule has 1 aromatic heterocycles. The van der Waals surface area contributed by atoms with Gasteiger partial charge in [-0.1, -0.05) is 36.9 Å². The predicted octanol–water partition coefficient (Wildman–Crippen LogP) is 3.69. The van der Waals surface area contributed by atoms with Crippen LogP contribution in [0.3, 0.4) is 0 Å². The number of nitrogens with one attached hydrogen (secondary N) is 3. The fourth-order valence-corrected chi connectivity index (χ4v) is 4.26. The van der Waals surface area contributed by atoms with Crippen LogP contribution in [0.2, 0.25) is 0 Å². The van der Waals surface area contributed by atoms with Crippen LogP contribution in [0.25, 0.3) is 0 Å². The molecule has 202 valence electrons. The Morgan fingerprint density at radius 2 is 1.95 bits per heavy atom. The second-order valence-corrected chi connectivity index (χ2v) is 8.89. The number of aromatic nitrogens is 2. The van der Waals surface area contributed by atoms with E-state index in [4.69, 9.17) is 4.74 Å². The van der Waals surface area contributed by atoms with E-state index in [1.54, 1.807) is 31.3 Å². The third kappa shape index (κ3) is 6.69. The third-order valence-corrected chi connectivity index (χ3v) is 6.33. The first-order valence-electron chi connectivity index (χ1n) is 12.5. The highest BCUT2D eigenvalue weighted by Gasteiger charge is 2.33. The Balaban J connectivity index is 1.45. The average molecular weight is 530 g/mol. The summed E-state index contributed by atoms with van der Waals surface area (Å²) in [5, 5.41) is 8.92. The molecule has 3 N–H and O–H groups in total. The van der Waals surface area contributed by atoms with Crippen LogP contribution in [0.1, 0.15) is 18.4 Å². The number of hydrogen-bond acceptors (Lipinski definition) is 7. The van der Waals surface area contributed by atoms with Crippen LogP contribution in [0.15, 0.2) is 73.6 Å². The molecule has 2 heterocycles. The molecule has 1 atom stereocenters. The van der Waals surface area contributed by atoms with Crippen molar-refractivity contribution in [1.82, 2.24) is 20.2 Å². The Bertz CT molecular complexity index is 1350. The molecule has 0 saturated carbocycles. The van der Waals surface area contributed by atoms with E-state index in [0.717, 1.165) is 12.0 Å². The quantitative estimate of drug-likeness (QED) is 0.361. The molecule has 4 amide bonds. The summed E-state index contributed by atoms with van der Waals surface area (Å²) in [5.41, 5.74) is 2.05. The van der Waals surface area contributed by atoms with Gasteiger partial charge in [0.1, 0.15) is 29.8 Å². The molecule has 1 aliphatic heterocycles. The minimum absolute atomic E-state index is 0.261. The highest BCUT2D eigenvalue weighted by Crippen LogP contribution is 2.31. The molecule has 3 aromatic rings. The van der Waals surface area contributed by atoms with E-state index in [2.05, 4.69) is 32.5 Å². The number of methoxy groups -OCH3 is 1. The third-order valence-electron chi connectivity index (χ3n) is 6.33. The minimum atomic E-state index is -0.554. The number of anilines is 4. The maximum Gasteiger partial charge on any atom is 0.323 e. The van der Waals surface area contributed by atoms with E-state index in [1.165, 1.54) is 29.3 Å². The number of amides is 4. The highest BCUT2D eigenvalue weighted by atomic mass is 16.5. The molecule has 0 aliphatic carbocycles. The van der Waals surface area contributed by atoms with Gasteiger partial charge in [0.25, 0.3) is 0 Å². The monoisotopic (exact) mass is 529 g/mol. The van der Waals surface area contributed by atoms with Gasteiger partial charge in [0.05, 0.1) is 12.8 Å². The van der Waals surface area contributed by atoms with Gasteiger partial charge < -0.3 is 25.6 Å². The SMILES string of the molecule is C=CC(=O)N1CCC[C@@H]1C(=O)Nc1ccc(OC)c(Nc2cc(N(C)C(=O)NCc3ccccc3)ncn2)c1. The second kappa shape index (κ2) is 12.5. The van der Waals surface area contributed by atoms with E-state index < -0.39 is 6.04 Å². The molecule has 2 aromatic carbocycles. The number of urea groups is 1. The summed E-state index contributed by atoms with van der Waals surface area (Å²) in [7, 11) is 3.15. The molecular formula is C28H31N7O4. The first-order chi connectivity index (χ1) is 18.9. The maximum atomic E-state index is 12.9. The van der Waals surface area contributed by atoms with Crippen LogP contribution < -0.4 is 25.6 Å².